The van der Waals surface area contributed by atoms with Crippen LogP contribution in [0.2, 0.25) is 5.28 Å². The van der Waals surface area contributed by atoms with Crippen molar-refractivity contribution in [3.05, 3.63) is 29.7 Å². The number of halogens is 1. The lowest BCUT2D eigenvalue weighted by Crippen LogP contribution is -2.36. The molecule has 17 nitrogen and oxygen atoms in total. The lowest BCUT2D eigenvalue weighted by Gasteiger charge is -2.11. The molecule has 3 rings (SSSR count). The molecule has 0 atom stereocenters. The van der Waals surface area contributed by atoms with Gasteiger partial charge < -0.3 is 20.1 Å². The molecule has 42 heavy (non-hydrogen) atoms. The van der Waals surface area contributed by atoms with Gasteiger partial charge in [-0.2, -0.15) is 33.3 Å². The summed E-state index contributed by atoms with van der Waals surface area (Å²) >= 11 is 5.73. The Bertz CT molecular complexity index is 1570. The number of hydrogen-bond donors (Lipinski definition) is 4. The van der Waals surface area contributed by atoms with Gasteiger partial charge in [0, 0.05) is 18.8 Å². The largest absolute Gasteiger partial charge is 0.481 e. The average molecular weight is 647 g/mol. The summed E-state index contributed by atoms with van der Waals surface area (Å²) in [6, 6.07) is 2.74. The molecule has 0 aliphatic carbocycles. The Kier molecular flexibility index (Phi) is 12.4. The molecule has 4 N–H and O–H groups in total. The first-order valence-electron chi connectivity index (χ1n) is 12.1. The summed E-state index contributed by atoms with van der Waals surface area (Å²) in [6.45, 7) is 8.08. The number of nitrogens with zero attached hydrogens (tertiary/aromatic N) is 6. The van der Waals surface area contributed by atoms with E-state index in [0.29, 0.717) is 11.9 Å². The normalized spacial score (nSPS) is 11.1. The maximum absolute atomic E-state index is 12.5. The molecule has 3 aromatic heterocycles. The Morgan fingerprint density at radius 2 is 1.57 bits per heavy atom. The molecule has 0 unspecified atom stereocenters. The Labute approximate surface area is 248 Å². The topological polar surface area (TPSA) is 229 Å². The van der Waals surface area contributed by atoms with Crippen LogP contribution in [-0.4, -0.2) is 85.3 Å². The summed E-state index contributed by atoms with van der Waals surface area (Å²) in [4.78, 5) is 34.8. The maximum Gasteiger partial charge on any atom is 0.335 e. The molecule has 0 spiro atoms. The van der Waals surface area contributed by atoms with Crippen molar-refractivity contribution in [3.8, 4) is 11.8 Å². The maximum atomic E-state index is 12.5. The molecule has 3 aromatic rings. The van der Waals surface area contributed by atoms with Gasteiger partial charge in [0.05, 0.1) is 26.0 Å². The highest BCUT2D eigenvalue weighted by molar-refractivity contribution is 7.93. The van der Waals surface area contributed by atoms with Crippen molar-refractivity contribution in [1.29, 1.82) is 0 Å². The number of sulfone groups is 1. The third-order valence-corrected chi connectivity index (χ3v) is 7.96. The van der Waals surface area contributed by atoms with E-state index in [0.717, 1.165) is 18.8 Å². The van der Waals surface area contributed by atoms with Crippen LogP contribution in [0.4, 0.5) is 22.6 Å². The van der Waals surface area contributed by atoms with Crippen molar-refractivity contribution in [2.75, 3.05) is 42.5 Å². The van der Waals surface area contributed by atoms with Gasteiger partial charge in [-0.15, -0.1) is 0 Å². The Morgan fingerprint density at radius 3 is 2.12 bits per heavy atom. The summed E-state index contributed by atoms with van der Waals surface area (Å²) in [6.07, 6.45) is 1.09. The van der Waals surface area contributed by atoms with Crippen molar-refractivity contribution in [2.24, 2.45) is 0 Å². The number of carbonyl (C=O) groups is 1. The van der Waals surface area contributed by atoms with Gasteiger partial charge in [-0.25, -0.2) is 22.9 Å². The number of urea groups is 1. The summed E-state index contributed by atoms with van der Waals surface area (Å²) in [5.74, 6) is 0.472. The molecule has 0 saturated carbocycles. The highest BCUT2D eigenvalue weighted by atomic mass is 35.5. The van der Waals surface area contributed by atoms with E-state index in [-0.39, 0.29) is 34.8 Å². The van der Waals surface area contributed by atoms with Crippen LogP contribution in [0.1, 0.15) is 27.7 Å². The van der Waals surface area contributed by atoms with E-state index in [2.05, 4.69) is 45.9 Å². The van der Waals surface area contributed by atoms with Gasteiger partial charge in [-0.05, 0) is 44.5 Å². The van der Waals surface area contributed by atoms with Gasteiger partial charge in [0.25, 0.3) is 10.0 Å². The molecule has 0 aliphatic rings. The van der Waals surface area contributed by atoms with E-state index < -0.39 is 35.8 Å². The first-order valence-corrected chi connectivity index (χ1v) is 15.7. The number of carbonyl (C=O) groups excluding carboxylic acids is 1. The van der Waals surface area contributed by atoms with Gasteiger partial charge >= 0.3 is 6.03 Å². The lowest BCUT2D eigenvalue weighted by molar-refractivity contribution is 0.256. The van der Waals surface area contributed by atoms with Crippen molar-refractivity contribution >= 4 is 55.3 Å². The Morgan fingerprint density at radius 1 is 0.952 bits per heavy atom. The molecular formula is C22H31ClN10O7S2. The lowest BCUT2D eigenvalue weighted by atomic mass is 10.4. The fraction of sp³-hybridized carbons (Fsp3) is 0.409. The first-order chi connectivity index (χ1) is 19.7. The monoisotopic (exact) mass is 646 g/mol. The number of nitrogens with one attached hydrogen (secondary N) is 4. The molecule has 0 fully saturated rings. The molecule has 20 heteroatoms. The number of sulfonamides is 1. The highest BCUT2D eigenvalue weighted by Crippen LogP contribution is 2.20. The second-order valence-corrected chi connectivity index (χ2v) is 12.3. The minimum Gasteiger partial charge on any atom is -0.481 e. The van der Waals surface area contributed by atoms with Gasteiger partial charge in [0.2, 0.25) is 34.9 Å². The fourth-order valence-electron chi connectivity index (χ4n) is 2.85. The van der Waals surface area contributed by atoms with E-state index >= 15 is 0 Å². The molecule has 0 saturated heterocycles. The zero-order chi connectivity index (χ0) is 31.5. The number of ether oxygens (including phenoxy) is 2. The zero-order valence-electron chi connectivity index (χ0n) is 23.5. The van der Waals surface area contributed by atoms with E-state index in [4.69, 9.17) is 21.1 Å². The van der Waals surface area contributed by atoms with Crippen LogP contribution < -0.4 is 30.1 Å². The molecule has 0 aromatic carbocycles. The van der Waals surface area contributed by atoms with Crippen LogP contribution in [-0.2, 0) is 19.9 Å². The van der Waals surface area contributed by atoms with Gasteiger partial charge in [-0.3, -0.25) is 5.32 Å². The van der Waals surface area contributed by atoms with E-state index in [1.165, 1.54) is 33.3 Å². The first kappa shape index (κ1) is 34.1. The number of anilines is 3. The number of amides is 2. The van der Waals surface area contributed by atoms with Crippen LogP contribution in [0.3, 0.4) is 0 Å². The summed E-state index contributed by atoms with van der Waals surface area (Å²) in [5, 5.41) is 7.53. The van der Waals surface area contributed by atoms with Crippen molar-refractivity contribution < 1.29 is 31.1 Å². The molecule has 0 radical (unpaired) electrons. The molecule has 2 amide bonds. The third kappa shape index (κ3) is 10.1. The quantitative estimate of drug-likeness (QED) is 0.233. The van der Waals surface area contributed by atoms with Crippen LogP contribution in [0.25, 0.3) is 0 Å². The molecule has 3 heterocycles. The van der Waals surface area contributed by atoms with Crippen molar-refractivity contribution in [3.63, 3.8) is 0 Å². The summed E-state index contributed by atoms with van der Waals surface area (Å²) in [7, 11) is -5.85. The Balaban J connectivity index is 0.000000369. The van der Waals surface area contributed by atoms with Gasteiger partial charge in [0.15, 0.2) is 14.9 Å². The number of rotatable bonds is 11. The van der Waals surface area contributed by atoms with Crippen LogP contribution in [0.5, 0.6) is 11.8 Å². The van der Waals surface area contributed by atoms with Crippen molar-refractivity contribution in [1.82, 2.24) is 34.6 Å². The SMILES string of the molecule is CCNc1nc(Cl)nc(NC(C)C)n1.CCS(=O)(=O)c1cccnc1S(=O)(=O)NC(=O)Nc1nc(OC)cc(OC)n1. The average Bonchev–Trinajstić information content (AvgIpc) is 2.92. The predicted molar refractivity (Wildman–Crippen MR) is 154 cm³/mol. The smallest absolute Gasteiger partial charge is 0.335 e. The third-order valence-electron chi connectivity index (χ3n) is 4.62. The molecular weight excluding hydrogens is 616 g/mol. The minimum atomic E-state index is -4.61. The van der Waals surface area contributed by atoms with Crippen LogP contribution in [0.15, 0.2) is 34.3 Å². The van der Waals surface area contributed by atoms with E-state index in [1.807, 2.05) is 20.8 Å². The minimum absolute atomic E-state index is 0.0612. The molecule has 0 aliphatic heterocycles. The van der Waals surface area contributed by atoms with Gasteiger partial charge in [0.1, 0.15) is 4.90 Å². The van der Waals surface area contributed by atoms with E-state index in [9.17, 15) is 21.6 Å². The molecule has 0 bridgehead atoms. The zero-order valence-corrected chi connectivity index (χ0v) is 25.9. The fourth-order valence-corrected chi connectivity index (χ4v) is 5.56. The summed E-state index contributed by atoms with van der Waals surface area (Å²) in [5.41, 5.74) is 0. The second-order valence-electron chi connectivity index (χ2n) is 8.13. The van der Waals surface area contributed by atoms with Crippen LogP contribution >= 0.6 is 11.6 Å². The molecule has 230 valence electrons. The number of hydrogen-bond acceptors (Lipinski definition) is 15. The Hall–Kier alpha value is -4.10. The number of methoxy groups -OCH3 is 2. The van der Waals surface area contributed by atoms with Crippen molar-refractivity contribution in [2.45, 2.75) is 43.7 Å². The van der Waals surface area contributed by atoms with E-state index in [1.54, 1.807) is 4.72 Å². The van der Waals surface area contributed by atoms with Crippen LogP contribution in [0, 0.1) is 0 Å². The highest BCUT2D eigenvalue weighted by Gasteiger charge is 2.28. The predicted octanol–water partition coefficient (Wildman–Crippen LogP) is 1.97. The standard InChI is InChI=1S/C14H17N5O7S2.C8H14ClN5/c1-4-27(21,22)9-6-5-7-15-12(9)28(23,24)19-14(20)18-13-16-10(25-2)8-11(17-13)26-3;1-4-10-7-12-6(9)13-8(14-7)11-5(2)3/h5-8H,4H2,1-3H3,(H2,16,17,18,19,20);5H,4H2,1-3H3,(H2,10,11,12,13,14). The second kappa shape index (κ2) is 15.2. The van der Waals surface area contributed by atoms with Gasteiger partial charge in [-0.1, -0.05) is 6.92 Å². The summed E-state index contributed by atoms with van der Waals surface area (Å²) < 4.78 is 60.7. The number of pyridine rings is 1. The number of aromatic nitrogens is 6.